The van der Waals surface area contributed by atoms with Crippen molar-refractivity contribution in [3.05, 3.63) is 65.7 Å². The molecule has 5 rings (SSSR count). The average molecular weight is 353 g/mol. The molecule has 3 saturated heterocycles. The quantitative estimate of drug-likeness (QED) is 0.825. The topological polar surface area (TPSA) is 70.0 Å². The number of fused-ring (bicyclic) bond motifs is 3. The van der Waals surface area contributed by atoms with E-state index in [0.717, 1.165) is 32.5 Å². The number of esters is 1. The molecule has 0 amide bonds. The maximum absolute atomic E-state index is 13.1. The minimum Gasteiger partial charge on any atom is -0.508 e. The van der Waals surface area contributed by atoms with Gasteiger partial charge in [-0.25, -0.2) is 4.79 Å². The lowest BCUT2D eigenvalue weighted by Gasteiger charge is -2.44. The molecule has 0 unspecified atom stereocenters. The summed E-state index contributed by atoms with van der Waals surface area (Å²) in [5, 5.41) is 21.3. The Kier molecular flexibility index (Phi) is 4.42. The van der Waals surface area contributed by atoms with Crippen LogP contribution in [0.4, 0.5) is 0 Å². The monoisotopic (exact) mass is 353 g/mol. The zero-order chi connectivity index (χ0) is 18.1. The highest BCUT2D eigenvalue weighted by atomic mass is 16.6. The first kappa shape index (κ1) is 17.1. The fraction of sp³-hybridized carbons (Fsp3) is 0.381. The second-order valence-corrected chi connectivity index (χ2v) is 7.21. The van der Waals surface area contributed by atoms with Gasteiger partial charge in [-0.1, -0.05) is 42.5 Å². The summed E-state index contributed by atoms with van der Waals surface area (Å²) in [7, 11) is 0. The van der Waals surface area contributed by atoms with Crippen molar-refractivity contribution in [2.45, 2.75) is 24.5 Å². The zero-order valence-electron chi connectivity index (χ0n) is 14.5. The van der Waals surface area contributed by atoms with Crippen LogP contribution in [0, 0.1) is 5.92 Å². The fourth-order valence-electron chi connectivity index (χ4n) is 4.08. The summed E-state index contributed by atoms with van der Waals surface area (Å²) in [4.78, 5) is 15.4. The van der Waals surface area contributed by atoms with E-state index in [1.807, 2.05) is 6.07 Å². The minimum atomic E-state index is -1.95. The Labute approximate surface area is 152 Å². The molecule has 136 valence electrons. The predicted octanol–water partition coefficient (Wildman–Crippen LogP) is 2.27. The number of aromatic hydroxyl groups is 1. The number of aliphatic hydroxyl groups is 1. The largest absolute Gasteiger partial charge is 0.508 e. The lowest BCUT2D eigenvalue weighted by molar-refractivity contribution is -0.177. The maximum atomic E-state index is 13.1. The van der Waals surface area contributed by atoms with Crippen molar-refractivity contribution in [1.29, 1.82) is 0 Å². The number of ether oxygens (including phenoxy) is 1. The molecule has 5 nitrogen and oxygen atoms in total. The van der Waals surface area contributed by atoms with Crippen molar-refractivity contribution in [3.8, 4) is 5.75 Å². The molecule has 3 aliphatic heterocycles. The summed E-state index contributed by atoms with van der Waals surface area (Å²) in [6, 6.07) is 14.9. The average Bonchev–Trinajstić information content (AvgIpc) is 2.69. The van der Waals surface area contributed by atoms with Gasteiger partial charge in [-0.05, 0) is 49.5 Å². The van der Waals surface area contributed by atoms with Crippen molar-refractivity contribution in [3.63, 3.8) is 0 Å². The van der Waals surface area contributed by atoms with Gasteiger partial charge in [0, 0.05) is 12.1 Å². The number of phenolic OH excluding ortho intramolecular Hbond substituents is 1. The molecule has 2 N–H and O–H groups in total. The van der Waals surface area contributed by atoms with Crippen LogP contribution in [-0.4, -0.2) is 46.8 Å². The number of hydrogen-bond acceptors (Lipinski definition) is 5. The van der Waals surface area contributed by atoms with E-state index in [1.54, 1.807) is 36.4 Å². The molecule has 2 aromatic rings. The van der Waals surface area contributed by atoms with Crippen molar-refractivity contribution in [2.24, 2.45) is 5.92 Å². The predicted molar refractivity (Wildman–Crippen MR) is 96.6 cm³/mol. The van der Waals surface area contributed by atoms with Crippen molar-refractivity contribution >= 4 is 5.97 Å². The Morgan fingerprint density at radius 3 is 2.35 bits per heavy atom. The van der Waals surface area contributed by atoms with Gasteiger partial charge in [0.2, 0.25) is 5.60 Å². The number of carbonyl (C=O) groups is 1. The number of benzene rings is 2. The van der Waals surface area contributed by atoms with Gasteiger partial charge in [0.15, 0.2) is 0 Å². The molecule has 0 aliphatic carbocycles. The second-order valence-electron chi connectivity index (χ2n) is 7.21. The van der Waals surface area contributed by atoms with Crippen LogP contribution in [-0.2, 0) is 15.1 Å². The second kappa shape index (κ2) is 6.74. The number of rotatable bonds is 4. The minimum absolute atomic E-state index is 0.00695. The number of nitrogens with zero attached hydrogens (tertiary/aromatic N) is 1. The third-order valence-corrected chi connectivity index (χ3v) is 5.61. The third-order valence-electron chi connectivity index (χ3n) is 5.61. The van der Waals surface area contributed by atoms with E-state index in [-0.39, 0.29) is 11.9 Å². The van der Waals surface area contributed by atoms with Crippen LogP contribution in [0.1, 0.15) is 24.0 Å². The van der Waals surface area contributed by atoms with E-state index in [2.05, 4.69) is 4.90 Å². The van der Waals surface area contributed by atoms with Crippen molar-refractivity contribution in [2.75, 3.05) is 19.6 Å². The molecule has 2 bridgehead atoms. The summed E-state index contributed by atoms with van der Waals surface area (Å²) in [5.41, 5.74) is -1.22. The molecule has 0 radical (unpaired) electrons. The van der Waals surface area contributed by atoms with Crippen LogP contribution in [0.15, 0.2) is 54.6 Å². The zero-order valence-corrected chi connectivity index (χ0v) is 14.5. The summed E-state index contributed by atoms with van der Waals surface area (Å²) in [6.07, 6.45) is 1.85. The van der Waals surface area contributed by atoms with Crippen molar-refractivity contribution < 1.29 is 19.7 Å². The van der Waals surface area contributed by atoms with Crippen LogP contribution in [0.3, 0.4) is 0 Å². The first-order valence-corrected chi connectivity index (χ1v) is 9.08. The molecule has 26 heavy (non-hydrogen) atoms. The van der Waals surface area contributed by atoms with Crippen LogP contribution in [0.2, 0.25) is 0 Å². The van der Waals surface area contributed by atoms with E-state index in [4.69, 9.17) is 4.74 Å². The molecule has 2 aromatic carbocycles. The first-order chi connectivity index (χ1) is 12.6. The van der Waals surface area contributed by atoms with Gasteiger partial charge in [0.05, 0.1) is 0 Å². The Bertz CT molecular complexity index is 786. The molecule has 3 aliphatic rings. The van der Waals surface area contributed by atoms with Gasteiger partial charge in [-0.3, -0.25) is 4.90 Å². The Morgan fingerprint density at radius 1 is 1.04 bits per heavy atom. The van der Waals surface area contributed by atoms with E-state index < -0.39 is 11.6 Å². The highest BCUT2D eigenvalue weighted by Gasteiger charge is 2.45. The first-order valence-electron chi connectivity index (χ1n) is 9.08. The van der Waals surface area contributed by atoms with Crippen molar-refractivity contribution in [1.82, 2.24) is 4.90 Å². The van der Waals surface area contributed by atoms with E-state index in [0.29, 0.717) is 17.0 Å². The molecule has 3 fully saturated rings. The standard InChI is InChI=1S/C21H23NO4/c23-18-8-4-7-17(13-18)21(25,16-5-2-1-3-6-16)20(24)26-19-14-22-11-9-15(19)10-12-22/h1-8,13,15,19,23,25H,9-12,14H2/t19-,21-/m0/s1. The van der Waals surface area contributed by atoms with Crippen LogP contribution in [0.25, 0.3) is 0 Å². The Hall–Kier alpha value is -2.37. The number of carbonyl (C=O) groups excluding carboxylic acids is 1. The third kappa shape index (κ3) is 2.97. The van der Waals surface area contributed by atoms with Gasteiger partial charge in [-0.15, -0.1) is 0 Å². The number of piperidine rings is 3. The van der Waals surface area contributed by atoms with Gasteiger partial charge < -0.3 is 14.9 Å². The van der Waals surface area contributed by atoms with Gasteiger partial charge in [-0.2, -0.15) is 0 Å². The number of phenols is 1. The van der Waals surface area contributed by atoms with Gasteiger partial charge >= 0.3 is 5.97 Å². The summed E-state index contributed by atoms with van der Waals surface area (Å²) in [6.45, 7) is 2.82. The van der Waals surface area contributed by atoms with Crippen LogP contribution in [0.5, 0.6) is 5.75 Å². The molecule has 0 spiro atoms. The molecule has 0 saturated carbocycles. The molecule has 3 heterocycles. The summed E-state index contributed by atoms with van der Waals surface area (Å²) in [5.74, 6) is -0.339. The highest BCUT2D eigenvalue weighted by molar-refractivity contribution is 5.85. The Balaban J connectivity index is 1.68. The number of hydrogen-bond donors (Lipinski definition) is 2. The van der Waals surface area contributed by atoms with E-state index in [1.165, 1.54) is 12.1 Å². The molecule has 5 heteroatoms. The van der Waals surface area contributed by atoms with E-state index in [9.17, 15) is 15.0 Å². The van der Waals surface area contributed by atoms with Gasteiger partial charge in [0.25, 0.3) is 0 Å². The summed E-state index contributed by atoms with van der Waals surface area (Å²) < 4.78 is 5.83. The van der Waals surface area contributed by atoms with Crippen LogP contribution >= 0.6 is 0 Å². The Morgan fingerprint density at radius 2 is 1.73 bits per heavy atom. The SMILES string of the molecule is O=C(O[C@H]1CN2CCC1CC2)[C@](O)(c1ccccc1)c1cccc(O)c1. The normalized spacial score (nSPS) is 26.9. The molecular formula is C21H23NO4. The van der Waals surface area contributed by atoms with E-state index >= 15 is 0 Å². The molecular weight excluding hydrogens is 330 g/mol. The maximum Gasteiger partial charge on any atom is 0.348 e. The highest BCUT2D eigenvalue weighted by Crippen LogP contribution is 2.36. The van der Waals surface area contributed by atoms with Crippen LogP contribution < -0.4 is 0 Å². The fourth-order valence-corrected chi connectivity index (χ4v) is 4.08. The molecule has 0 aromatic heterocycles. The lowest BCUT2D eigenvalue weighted by Crippen LogP contribution is -2.53. The molecule has 2 atom stereocenters. The summed E-state index contributed by atoms with van der Waals surface area (Å²) >= 11 is 0. The van der Waals surface area contributed by atoms with Gasteiger partial charge in [0.1, 0.15) is 11.9 Å². The smallest absolute Gasteiger partial charge is 0.348 e. The lowest BCUT2D eigenvalue weighted by atomic mass is 9.84.